The maximum atomic E-state index is 4.56. The van der Waals surface area contributed by atoms with Crippen molar-refractivity contribution in [1.29, 1.82) is 0 Å². The van der Waals surface area contributed by atoms with Crippen molar-refractivity contribution in [3.05, 3.63) is 35.4 Å². The zero-order chi connectivity index (χ0) is 14.5. The van der Waals surface area contributed by atoms with Crippen molar-refractivity contribution in [3.8, 4) is 0 Å². The van der Waals surface area contributed by atoms with Gasteiger partial charge in [0.2, 0.25) is 0 Å². The van der Waals surface area contributed by atoms with E-state index in [1.54, 1.807) is 0 Å². The van der Waals surface area contributed by atoms with Crippen LogP contribution in [0.1, 0.15) is 30.3 Å². The van der Waals surface area contributed by atoms with Crippen molar-refractivity contribution in [2.45, 2.75) is 53.2 Å². The van der Waals surface area contributed by atoms with Crippen LogP contribution in [0.25, 0.3) is 0 Å². The number of hydrogen-bond donors (Lipinski definition) is 1. The summed E-state index contributed by atoms with van der Waals surface area (Å²) in [5.41, 5.74) is 3.71. The van der Waals surface area contributed by atoms with Gasteiger partial charge in [0.25, 0.3) is 0 Å². The average molecular weight is 275 g/mol. The zero-order valence-corrected chi connectivity index (χ0v) is 12.9. The number of nitrogens with one attached hydrogen (secondary N) is 1. The van der Waals surface area contributed by atoms with E-state index in [-0.39, 0.29) is 0 Å². The van der Waals surface area contributed by atoms with Crippen LogP contribution in [0.15, 0.2) is 18.5 Å². The van der Waals surface area contributed by atoms with Gasteiger partial charge in [0.05, 0.1) is 12.2 Å². The van der Waals surface area contributed by atoms with Crippen LogP contribution >= 0.6 is 0 Å². The third kappa shape index (κ3) is 3.70. The van der Waals surface area contributed by atoms with E-state index in [1.807, 2.05) is 23.1 Å². The van der Waals surface area contributed by atoms with Crippen molar-refractivity contribution in [1.82, 2.24) is 24.9 Å². The van der Waals surface area contributed by atoms with E-state index in [4.69, 9.17) is 0 Å². The number of rotatable bonds is 7. The van der Waals surface area contributed by atoms with Gasteiger partial charge in [-0.25, -0.2) is 0 Å². The fraction of sp³-hybridized carbons (Fsp3) is 0.600. The first kappa shape index (κ1) is 14.8. The van der Waals surface area contributed by atoms with E-state index in [1.165, 1.54) is 11.3 Å². The van der Waals surface area contributed by atoms with Crippen molar-refractivity contribution >= 4 is 0 Å². The highest BCUT2D eigenvalue weighted by Gasteiger charge is 2.07. The van der Waals surface area contributed by atoms with Crippen LogP contribution in [-0.4, -0.2) is 32.1 Å². The number of hydrogen-bond acceptors (Lipinski definition) is 3. The molecule has 1 N–H and O–H groups in total. The molecule has 0 fully saturated rings. The Morgan fingerprint density at radius 1 is 1.25 bits per heavy atom. The molecule has 0 saturated carbocycles. The second-order valence-corrected chi connectivity index (χ2v) is 5.43. The summed E-state index contributed by atoms with van der Waals surface area (Å²) in [7, 11) is 0. The van der Waals surface area contributed by atoms with Crippen molar-refractivity contribution in [2.24, 2.45) is 0 Å². The molecule has 0 spiro atoms. The van der Waals surface area contributed by atoms with Gasteiger partial charge >= 0.3 is 0 Å². The topological polar surface area (TPSA) is 47.7 Å². The van der Waals surface area contributed by atoms with Crippen molar-refractivity contribution in [2.75, 3.05) is 6.54 Å². The summed E-state index contributed by atoms with van der Waals surface area (Å²) in [6, 6.07) is 2.45. The molecule has 20 heavy (non-hydrogen) atoms. The van der Waals surface area contributed by atoms with Gasteiger partial charge in [-0.15, -0.1) is 0 Å². The summed E-state index contributed by atoms with van der Waals surface area (Å²) >= 11 is 0. The van der Waals surface area contributed by atoms with Gasteiger partial charge < -0.3 is 5.32 Å². The maximum Gasteiger partial charge on any atom is 0.0625 e. The van der Waals surface area contributed by atoms with Gasteiger partial charge in [0.15, 0.2) is 0 Å². The summed E-state index contributed by atoms with van der Waals surface area (Å²) < 4.78 is 4.07. The Morgan fingerprint density at radius 2 is 2.05 bits per heavy atom. The van der Waals surface area contributed by atoms with Crippen LogP contribution in [0, 0.1) is 20.8 Å². The molecule has 2 rings (SSSR count). The van der Waals surface area contributed by atoms with Crippen molar-refractivity contribution in [3.63, 3.8) is 0 Å². The molecular formula is C15H25N5. The number of aryl methyl sites for hydroxylation is 2. The molecule has 1 atom stereocenters. The van der Waals surface area contributed by atoms with E-state index in [9.17, 15) is 0 Å². The van der Waals surface area contributed by atoms with Gasteiger partial charge in [-0.05, 0) is 45.7 Å². The fourth-order valence-corrected chi connectivity index (χ4v) is 2.28. The normalized spacial score (nSPS) is 12.8. The van der Waals surface area contributed by atoms with E-state index < -0.39 is 0 Å². The quantitative estimate of drug-likeness (QED) is 0.841. The van der Waals surface area contributed by atoms with Crippen LogP contribution in [0.4, 0.5) is 0 Å². The lowest BCUT2D eigenvalue weighted by Gasteiger charge is -2.14. The Kier molecular flexibility index (Phi) is 4.95. The van der Waals surface area contributed by atoms with Crippen LogP contribution in [0.5, 0.6) is 0 Å². The molecule has 0 saturated heterocycles. The van der Waals surface area contributed by atoms with Crippen LogP contribution in [0.2, 0.25) is 0 Å². The molecule has 2 aromatic rings. The monoisotopic (exact) mass is 275 g/mol. The highest BCUT2D eigenvalue weighted by molar-refractivity contribution is 5.22. The van der Waals surface area contributed by atoms with E-state index in [0.717, 1.165) is 31.7 Å². The first-order chi connectivity index (χ1) is 9.58. The molecule has 0 amide bonds. The number of aromatic nitrogens is 4. The van der Waals surface area contributed by atoms with Gasteiger partial charge in [0.1, 0.15) is 0 Å². The summed E-state index contributed by atoms with van der Waals surface area (Å²) in [6.45, 7) is 11.4. The van der Waals surface area contributed by atoms with E-state index in [2.05, 4.69) is 47.9 Å². The van der Waals surface area contributed by atoms with Crippen LogP contribution in [0.3, 0.4) is 0 Å². The van der Waals surface area contributed by atoms with Crippen LogP contribution < -0.4 is 5.32 Å². The lowest BCUT2D eigenvalue weighted by molar-refractivity contribution is 0.437. The molecular weight excluding hydrogens is 250 g/mol. The Morgan fingerprint density at radius 3 is 2.65 bits per heavy atom. The Hall–Kier alpha value is -1.62. The molecule has 0 bridgehead atoms. The predicted molar refractivity (Wildman–Crippen MR) is 80.7 cm³/mol. The summed E-state index contributed by atoms with van der Waals surface area (Å²) in [4.78, 5) is 0. The fourth-order valence-electron chi connectivity index (χ4n) is 2.28. The minimum atomic E-state index is 0.484. The highest BCUT2D eigenvalue weighted by atomic mass is 15.3. The molecule has 0 aliphatic rings. The second-order valence-electron chi connectivity index (χ2n) is 5.43. The molecule has 2 heterocycles. The SMILES string of the molecule is Cc1nn(CCN[C@H](C)CCn2cccn2)c(C)c1C. The lowest BCUT2D eigenvalue weighted by Crippen LogP contribution is -2.30. The largest absolute Gasteiger partial charge is 0.312 e. The molecule has 110 valence electrons. The Labute approximate surface area is 121 Å². The first-order valence-electron chi connectivity index (χ1n) is 7.29. The van der Waals surface area contributed by atoms with Gasteiger partial charge in [0, 0.05) is 37.2 Å². The maximum absolute atomic E-state index is 4.56. The molecule has 0 aromatic carbocycles. The molecule has 5 heteroatoms. The first-order valence-corrected chi connectivity index (χ1v) is 7.29. The van der Waals surface area contributed by atoms with Gasteiger partial charge in [-0.2, -0.15) is 10.2 Å². The molecule has 0 unspecified atom stereocenters. The third-order valence-corrected chi connectivity index (χ3v) is 3.91. The third-order valence-electron chi connectivity index (χ3n) is 3.91. The van der Waals surface area contributed by atoms with Crippen molar-refractivity contribution < 1.29 is 0 Å². The van der Waals surface area contributed by atoms with Crippen LogP contribution in [-0.2, 0) is 13.1 Å². The van der Waals surface area contributed by atoms with Gasteiger partial charge in [-0.3, -0.25) is 9.36 Å². The molecule has 0 aliphatic carbocycles. The van der Waals surface area contributed by atoms with E-state index >= 15 is 0 Å². The lowest BCUT2D eigenvalue weighted by atomic mass is 10.2. The van der Waals surface area contributed by atoms with E-state index in [0.29, 0.717) is 6.04 Å². The Bertz CT molecular complexity index is 527. The number of nitrogens with zero attached hydrogens (tertiary/aromatic N) is 4. The summed E-state index contributed by atoms with van der Waals surface area (Å²) in [5.74, 6) is 0. The molecule has 0 aliphatic heterocycles. The zero-order valence-electron chi connectivity index (χ0n) is 12.9. The highest BCUT2D eigenvalue weighted by Crippen LogP contribution is 2.10. The Balaban J connectivity index is 1.71. The second kappa shape index (κ2) is 6.70. The molecule has 0 radical (unpaired) electrons. The minimum Gasteiger partial charge on any atom is -0.312 e. The summed E-state index contributed by atoms with van der Waals surface area (Å²) in [5, 5.41) is 12.3. The molecule has 2 aromatic heterocycles. The van der Waals surface area contributed by atoms with Gasteiger partial charge in [-0.1, -0.05) is 0 Å². The minimum absolute atomic E-state index is 0.484. The summed E-state index contributed by atoms with van der Waals surface area (Å²) in [6.07, 6.45) is 4.91. The average Bonchev–Trinajstić information content (AvgIpc) is 3.02. The predicted octanol–water partition coefficient (Wildman–Crippen LogP) is 2.07. The smallest absolute Gasteiger partial charge is 0.0625 e. The molecule has 5 nitrogen and oxygen atoms in total. The standard InChI is InChI=1S/C15H25N5/c1-12(6-10-19-9-5-7-17-19)16-8-11-20-15(4)13(2)14(3)18-20/h5,7,9,12,16H,6,8,10-11H2,1-4H3/t12-/m1/s1.